The van der Waals surface area contributed by atoms with Crippen LogP contribution in [0.1, 0.15) is 6.92 Å². The van der Waals surface area contributed by atoms with Crippen LogP contribution < -0.4 is 14.7 Å². The van der Waals surface area contributed by atoms with E-state index in [0.29, 0.717) is 18.0 Å². The second-order valence-corrected chi connectivity index (χ2v) is 3.08. The van der Waals surface area contributed by atoms with Gasteiger partial charge in [0.1, 0.15) is 11.5 Å². The summed E-state index contributed by atoms with van der Waals surface area (Å²) in [5.41, 5.74) is 5.93. The van der Waals surface area contributed by atoms with Crippen molar-refractivity contribution in [1.29, 1.82) is 0 Å². The highest BCUT2D eigenvalue weighted by Gasteiger charge is 2.02. The lowest BCUT2D eigenvalue weighted by atomic mass is 10.3. The first-order chi connectivity index (χ1) is 6.63. The van der Waals surface area contributed by atoms with Gasteiger partial charge < -0.3 is 14.7 Å². The predicted octanol–water partition coefficient (Wildman–Crippen LogP) is 0.573. The summed E-state index contributed by atoms with van der Waals surface area (Å²) in [4.78, 5) is 0. The lowest BCUT2D eigenvalue weighted by Crippen LogP contribution is -1.98. The van der Waals surface area contributed by atoms with Gasteiger partial charge in [-0.1, -0.05) is 0 Å². The number of hydrogen-bond donors (Lipinski definition) is 2. The van der Waals surface area contributed by atoms with Crippen LogP contribution in [0.25, 0.3) is 0 Å². The first-order valence-electron chi connectivity index (χ1n) is 3.98. The van der Waals surface area contributed by atoms with E-state index in [4.69, 9.17) is 10.5 Å². The SMILES string of the molecule is CCOc1ccc(O[SH](=O)=O)cc1N. The van der Waals surface area contributed by atoms with Crippen molar-refractivity contribution in [3.8, 4) is 11.5 Å². The number of nitrogen functional groups attached to an aromatic ring is 1. The quantitative estimate of drug-likeness (QED) is 0.569. The third-order valence-electron chi connectivity index (χ3n) is 1.46. The maximum absolute atomic E-state index is 10.2. The molecule has 1 rings (SSSR count). The molecule has 0 amide bonds. The van der Waals surface area contributed by atoms with Crippen LogP contribution in [0.3, 0.4) is 0 Å². The highest BCUT2D eigenvalue weighted by atomic mass is 32.2. The fraction of sp³-hybridized carbons (Fsp3) is 0.250. The molecule has 0 aliphatic carbocycles. The van der Waals surface area contributed by atoms with Crippen molar-refractivity contribution in [3.05, 3.63) is 18.2 Å². The largest absolute Gasteiger partial charge is 0.492 e. The number of rotatable bonds is 4. The van der Waals surface area contributed by atoms with Gasteiger partial charge in [-0.15, -0.1) is 0 Å². The van der Waals surface area contributed by atoms with Crippen LogP contribution in [0, 0.1) is 0 Å². The molecule has 0 aliphatic rings. The van der Waals surface area contributed by atoms with Crippen LogP contribution in [-0.4, -0.2) is 15.0 Å². The maximum Gasteiger partial charge on any atom is 0.299 e. The Kier molecular flexibility index (Phi) is 3.58. The summed E-state index contributed by atoms with van der Waals surface area (Å²) >= 11 is 0. The van der Waals surface area contributed by atoms with Crippen molar-refractivity contribution < 1.29 is 17.3 Å². The maximum atomic E-state index is 10.2. The summed E-state index contributed by atoms with van der Waals surface area (Å²) in [6.45, 7) is 2.33. The molecular formula is C8H11NO4S. The summed E-state index contributed by atoms with van der Waals surface area (Å²) in [5, 5.41) is 0. The van der Waals surface area contributed by atoms with Gasteiger partial charge in [0, 0.05) is 6.07 Å². The zero-order valence-electron chi connectivity index (χ0n) is 7.60. The van der Waals surface area contributed by atoms with Gasteiger partial charge in [-0.3, -0.25) is 0 Å². The van der Waals surface area contributed by atoms with Crippen molar-refractivity contribution in [2.24, 2.45) is 0 Å². The van der Waals surface area contributed by atoms with Crippen LogP contribution in [0.15, 0.2) is 18.2 Å². The van der Waals surface area contributed by atoms with Crippen LogP contribution in [0.4, 0.5) is 5.69 Å². The van der Waals surface area contributed by atoms with Crippen LogP contribution >= 0.6 is 0 Å². The van der Waals surface area contributed by atoms with E-state index in [2.05, 4.69) is 4.18 Å². The molecule has 0 saturated carbocycles. The Hall–Kier alpha value is -1.43. The monoisotopic (exact) mass is 217 g/mol. The lowest BCUT2D eigenvalue weighted by molar-refractivity contribution is 0.341. The molecule has 6 heteroatoms. The van der Waals surface area contributed by atoms with Gasteiger partial charge in [0.15, 0.2) is 0 Å². The topological polar surface area (TPSA) is 78.6 Å². The fourth-order valence-electron chi connectivity index (χ4n) is 0.956. The van der Waals surface area contributed by atoms with Crippen molar-refractivity contribution in [1.82, 2.24) is 0 Å². The Bertz CT molecular complexity index is 381. The molecule has 0 fully saturated rings. The molecule has 0 unspecified atom stereocenters. The van der Waals surface area contributed by atoms with Gasteiger partial charge in [-0.25, -0.2) is 0 Å². The number of nitrogens with two attached hydrogens (primary N) is 1. The van der Waals surface area contributed by atoms with Crippen LogP contribution in [0.5, 0.6) is 11.5 Å². The number of ether oxygens (including phenoxy) is 1. The number of anilines is 1. The Morgan fingerprint density at radius 1 is 1.43 bits per heavy atom. The van der Waals surface area contributed by atoms with Gasteiger partial charge in [0.05, 0.1) is 12.3 Å². The zero-order chi connectivity index (χ0) is 10.6. The summed E-state index contributed by atoms with van der Waals surface area (Å²) in [5.74, 6) is 0.697. The highest BCUT2D eigenvalue weighted by molar-refractivity contribution is 7.67. The van der Waals surface area contributed by atoms with E-state index in [9.17, 15) is 8.42 Å². The minimum Gasteiger partial charge on any atom is -0.492 e. The molecule has 0 aliphatic heterocycles. The molecular weight excluding hydrogens is 206 g/mol. The predicted molar refractivity (Wildman–Crippen MR) is 53.0 cm³/mol. The summed E-state index contributed by atoms with van der Waals surface area (Å²) in [6, 6.07) is 4.44. The second-order valence-electron chi connectivity index (χ2n) is 2.45. The average molecular weight is 217 g/mol. The summed E-state index contributed by atoms with van der Waals surface area (Å²) < 4.78 is 30.1. The third kappa shape index (κ3) is 2.81. The molecule has 0 radical (unpaired) electrons. The molecule has 0 bridgehead atoms. The van der Waals surface area contributed by atoms with Gasteiger partial charge in [-0.2, -0.15) is 8.42 Å². The first-order valence-corrected chi connectivity index (χ1v) is 5.07. The minimum atomic E-state index is -2.90. The van der Waals surface area contributed by atoms with Crippen molar-refractivity contribution in [2.75, 3.05) is 12.3 Å². The van der Waals surface area contributed by atoms with Crippen LogP contribution in [0.2, 0.25) is 0 Å². The second kappa shape index (κ2) is 4.71. The van der Waals surface area contributed by atoms with Crippen molar-refractivity contribution >= 4 is 16.7 Å². The molecule has 0 saturated heterocycles. The van der Waals surface area contributed by atoms with Gasteiger partial charge in [0.2, 0.25) is 0 Å². The number of hydrogen-bond acceptors (Lipinski definition) is 5. The summed E-state index contributed by atoms with van der Waals surface area (Å²) in [7, 11) is -2.90. The van der Waals surface area contributed by atoms with E-state index in [1.165, 1.54) is 12.1 Å². The standard InChI is InChI=1S/C8H11NO4S/c1-2-12-8-4-3-6(5-7(8)9)13-14(10)11/h3-5,14H,2,9H2,1H3. The number of benzene rings is 1. The van der Waals surface area contributed by atoms with E-state index in [-0.39, 0.29) is 5.75 Å². The van der Waals surface area contributed by atoms with E-state index >= 15 is 0 Å². The minimum absolute atomic E-state index is 0.182. The van der Waals surface area contributed by atoms with E-state index in [1.807, 2.05) is 6.92 Å². The molecule has 5 nitrogen and oxygen atoms in total. The van der Waals surface area contributed by atoms with Crippen LogP contribution in [-0.2, 0) is 11.0 Å². The molecule has 78 valence electrons. The molecule has 0 spiro atoms. The first kappa shape index (κ1) is 10.6. The lowest BCUT2D eigenvalue weighted by Gasteiger charge is -2.07. The third-order valence-corrected chi connectivity index (χ3v) is 1.82. The van der Waals surface area contributed by atoms with Crippen molar-refractivity contribution in [2.45, 2.75) is 6.92 Å². The van der Waals surface area contributed by atoms with Gasteiger partial charge in [-0.05, 0) is 19.1 Å². The molecule has 0 atom stereocenters. The molecule has 0 aromatic heterocycles. The number of thiol groups is 1. The Labute approximate surface area is 83.6 Å². The van der Waals surface area contributed by atoms with E-state index < -0.39 is 11.0 Å². The van der Waals surface area contributed by atoms with E-state index in [0.717, 1.165) is 0 Å². The van der Waals surface area contributed by atoms with Gasteiger partial charge in [0.25, 0.3) is 11.0 Å². The fourth-order valence-corrected chi connectivity index (χ4v) is 1.24. The Balaban J connectivity index is 2.88. The van der Waals surface area contributed by atoms with Crippen molar-refractivity contribution in [3.63, 3.8) is 0 Å². The Morgan fingerprint density at radius 3 is 2.64 bits per heavy atom. The van der Waals surface area contributed by atoms with Gasteiger partial charge >= 0.3 is 0 Å². The summed E-state index contributed by atoms with van der Waals surface area (Å²) in [6.07, 6.45) is 0. The smallest absolute Gasteiger partial charge is 0.299 e. The highest BCUT2D eigenvalue weighted by Crippen LogP contribution is 2.26. The molecule has 14 heavy (non-hydrogen) atoms. The molecule has 0 heterocycles. The zero-order valence-corrected chi connectivity index (χ0v) is 8.49. The molecule has 1 aromatic rings. The molecule has 1 aromatic carbocycles. The Morgan fingerprint density at radius 2 is 2.14 bits per heavy atom. The van der Waals surface area contributed by atoms with E-state index in [1.54, 1.807) is 6.07 Å². The molecule has 2 N–H and O–H groups in total. The normalized spacial score (nSPS) is 10.1. The average Bonchev–Trinajstić information content (AvgIpc) is 2.09.